The summed E-state index contributed by atoms with van der Waals surface area (Å²) in [6.45, 7) is 13.8. The average molecular weight is 231 g/mol. The van der Waals surface area contributed by atoms with E-state index in [1.54, 1.807) is 0 Å². The predicted molar refractivity (Wildman–Crippen MR) is 76.4 cm³/mol. The van der Waals surface area contributed by atoms with Crippen LogP contribution in [0, 0.1) is 0 Å². The fraction of sp³-hybridized carbons (Fsp3) is 0.500. The minimum absolute atomic E-state index is 0.186. The van der Waals surface area contributed by atoms with Crippen molar-refractivity contribution in [1.29, 1.82) is 0 Å². The molecule has 17 heavy (non-hydrogen) atoms. The summed E-state index contributed by atoms with van der Waals surface area (Å²) in [6.07, 6.45) is 2.97. The van der Waals surface area contributed by atoms with Crippen LogP contribution in [0.1, 0.15) is 51.3 Å². The van der Waals surface area contributed by atoms with Crippen LogP contribution in [0.25, 0.3) is 0 Å². The molecule has 0 bridgehead atoms. The summed E-state index contributed by atoms with van der Waals surface area (Å²) in [5, 5.41) is 3.54. The quantitative estimate of drug-likeness (QED) is 0.748. The second kappa shape index (κ2) is 6.02. The van der Waals surface area contributed by atoms with Crippen LogP contribution in [0.3, 0.4) is 0 Å². The second-order valence-corrected chi connectivity index (χ2v) is 5.47. The Hall–Kier alpha value is -1.08. The first-order chi connectivity index (χ1) is 8.00. The maximum atomic E-state index is 3.86. The third-order valence-corrected chi connectivity index (χ3v) is 3.00. The van der Waals surface area contributed by atoms with E-state index in [0.717, 1.165) is 13.0 Å². The van der Waals surface area contributed by atoms with Crippen LogP contribution in [0.4, 0.5) is 0 Å². The van der Waals surface area contributed by atoms with Gasteiger partial charge in [0.25, 0.3) is 0 Å². The molecule has 1 N–H and O–H groups in total. The molecule has 1 rings (SSSR count). The highest BCUT2D eigenvalue weighted by molar-refractivity contribution is 5.35. The van der Waals surface area contributed by atoms with Gasteiger partial charge in [0.2, 0.25) is 0 Å². The summed E-state index contributed by atoms with van der Waals surface area (Å²) in [5.74, 6) is 0. The van der Waals surface area contributed by atoms with Gasteiger partial charge in [0.1, 0.15) is 0 Å². The zero-order chi connectivity index (χ0) is 12.9. The van der Waals surface area contributed by atoms with Crippen LogP contribution < -0.4 is 5.32 Å². The zero-order valence-electron chi connectivity index (χ0n) is 11.6. The van der Waals surface area contributed by atoms with Gasteiger partial charge in [0.15, 0.2) is 0 Å². The summed E-state index contributed by atoms with van der Waals surface area (Å²) >= 11 is 0. The minimum atomic E-state index is 0.186. The molecule has 0 amide bonds. The Morgan fingerprint density at radius 2 is 1.94 bits per heavy atom. The number of rotatable bonds is 5. The first kappa shape index (κ1) is 14.0. The van der Waals surface area contributed by atoms with E-state index >= 15 is 0 Å². The lowest BCUT2D eigenvalue weighted by atomic mass is 9.81. The van der Waals surface area contributed by atoms with Crippen molar-refractivity contribution in [2.75, 3.05) is 6.54 Å². The van der Waals surface area contributed by atoms with Crippen LogP contribution in [0.15, 0.2) is 36.9 Å². The summed E-state index contributed by atoms with van der Waals surface area (Å²) in [4.78, 5) is 0. The third-order valence-electron chi connectivity index (χ3n) is 3.00. The highest BCUT2D eigenvalue weighted by atomic mass is 14.9. The summed E-state index contributed by atoms with van der Waals surface area (Å²) in [7, 11) is 0. The molecule has 0 saturated heterocycles. The molecule has 1 aromatic rings. The van der Waals surface area contributed by atoms with Crippen LogP contribution in [-0.4, -0.2) is 6.54 Å². The first-order valence-corrected chi connectivity index (χ1v) is 6.44. The molecular formula is C16H25N. The number of benzene rings is 1. The largest absolute Gasteiger partial charge is 0.310 e. The maximum Gasteiger partial charge on any atom is 0.0357 e. The van der Waals surface area contributed by atoms with Crippen LogP contribution in [-0.2, 0) is 5.41 Å². The lowest BCUT2D eigenvalue weighted by molar-refractivity contribution is 0.523. The van der Waals surface area contributed by atoms with Crippen molar-refractivity contribution in [2.45, 2.75) is 45.6 Å². The molecule has 0 heterocycles. The van der Waals surface area contributed by atoms with E-state index in [1.165, 1.54) is 11.1 Å². The Morgan fingerprint density at radius 3 is 2.47 bits per heavy atom. The van der Waals surface area contributed by atoms with Gasteiger partial charge >= 0.3 is 0 Å². The van der Waals surface area contributed by atoms with Crippen molar-refractivity contribution < 1.29 is 0 Å². The fourth-order valence-electron chi connectivity index (χ4n) is 2.22. The van der Waals surface area contributed by atoms with Crippen molar-refractivity contribution in [3.8, 4) is 0 Å². The number of hydrogen-bond acceptors (Lipinski definition) is 1. The third kappa shape index (κ3) is 3.71. The Morgan fingerprint density at radius 1 is 1.29 bits per heavy atom. The van der Waals surface area contributed by atoms with Crippen LogP contribution in [0.2, 0.25) is 0 Å². The summed E-state index contributed by atoms with van der Waals surface area (Å²) in [5.41, 5.74) is 3.01. The van der Waals surface area contributed by atoms with Crippen molar-refractivity contribution >= 4 is 0 Å². The molecule has 0 fully saturated rings. The van der Waals surface area contributed by atoms with Gasteiger partial charge in [-0.05, 0) is 29.5 Å². The maximum absolute atomic E-state index is 3.86. The fourth-order valence-corrected chi connectivity index (χ4v) is 2.22. The molecule has 94 valence electrons. The molecule has 0 radical (unpaired) electrons. The molecule has 1 heteroatoms. The van der Waals surface area contributed by atoms with Crippen molar-refractivity contribution in [2.24, 2.45) is 0 Å². The molecule has 1 atom stereocenters. The van der Waals surface area contributed by atoms with Crippen molar-refractivity contribution in [3.63, 3.8) is 0 Å². The Balaban J connectivity index is 3.13. The monoisotopic (exact) mass is 231 g/mol. The minimum Gasteiger partial charge on any atom is -0.310 e. The van der Waals surface area contributed by atoms with Gasteiger partial charge in [0.05, 0.1) is 0 Å². The lowest BCUT2D eigenvalue weighted by Gasteiger charge is -2.27. The van der Waals surface area contributed by atoms with Gasteiger partial charge in [0, 0.05) is 6.04 Å². The first-order valence-electron chi connectivity index (χ1n) is 6.44. The molecule has 1 nitrogen and oxygen atoms in total. The van der Waals surface area contributed by atoms with Gasteiger partial charge in [-0.1, -0.05) is 58.0 Å². The van der Waals surface area contributed by atoms with E-state index in [2.05, 4.69) is 63.9 Å². The van der Waals surface area contributed by atoms with Crippen LogP contribution >= 0.6 is 0 Å². The van der Waals surface area contributed by atoms with Crippen molar-refractivity contribution in [1.82, 2.24) is 5.32 Å². The topological polar surface area (TPSA) is 12.0 Å². The molecule has 0 aromatic heterocycles. The number of nitrogens with one attached hydrogen (secondary N) is 1. The number of hydrogen-bond donors (Lipinski definition) is 1. The van der Waals surface area contributed by atoms with Gasteiger partial charge in [-0.3, -0.25) is 0 Å². The van der Waals surface area contributed by atoms with Crippen LogP contribution in [0.5, 0.6) is 0 Å². The molecule has 1 aromatic carbocycles. The normalized spacial score (nSPS) is 13.4. The van der Waals surface area contributed by atoms with Gasteiger partial charge in [-0.25, -0.2) is 0 Å². The SMILES string of the molecule is C=CCC(NCC)c1ccccc1C(C)(C)C. The Labute approximate surface area is 106 Å². The molecule has 0 aliphatic heterocycles. The predicted octanol–water partition coefficient (Wildman–Crippen LogP) is 4.21. The molecule has 0 saturated carbocycles. The highest BCUT2D eigenvalue weighted by Crippen LogP contribution is 2.30. The molecule has 0 spiro atoms. The van der Waals surface area contributed by atoms with Gasteiger partial charge in [-0.15, -0.1) is 6.58 Å². The molecular weight excluding hydrogens is 206 g/mol. The summed E-state index contributed by atoms with van der Waals surface area (Å²) in [6, 6.07) is 9.10. The zero-order valence-corrected chi connectivity index (χ0v) is 11.6. The van der Waals surface area contributed by atoms with E-state index < -0.39 is 0 Å². The summed E-state index contributed by atoms with van der Waals surface area (Å²) < 4.78 is 0. The van der Waals surface area contributed by atoms with E-state index in [-0.39, 0.29) is 5.41 Å². The molecule has 1 unspecified atom stereocenters. The van der Waals surface area contributed by atoms with Gasteiger partial charge < -0.3 is 5.32 Å². The van der Waals surface area contributed by atoms with Crippen molar-refractivity contribution in [3.05, 3.63) is 48.0 Å². The van der Waals surface area contributed by atoms with E-state index in [4.69, 9.17) is 0 Å². The van der Waals surface area contributed by atoms with E-state index in [9.17, 15) is 0 Å². The molecule has 0 aliphatic carbocycles. The Bertz CT molecular complexity index is 360. The highest BCUT2D eigenvalue weighted by Gasteiger charge is 2.21. The Kier molecular flexibility index (Phi) is 4.95. The van der Waals surface area contributed by atoms with Gasteiger partial charge in [-0.2, -0.15) is 0 Å². The van der Waals surface area contributed by atoms with E-state index in [1.807, 2.05) is 6.08 Å². The lowest BCUT2D eigenvalue weighted by Crippen LogP contribution is -2.24. The van der Waals surface area contributed by atoms with E-state index in [0.29, 0.717) is 6.04 Å². The average Bonchev–Trinajstić information content (AvgIpc) is 2.28. The molecule has 0 aliphatic rings. The standard InChI is InChI=1S/C16H25N/c1-6-10-15(17-7-2)13-11-8-9-12-14(13)16(3,4)5/h6,8-9,11-12,15,17H,1,7,10H2,2-5H3. The smallest absolute Gasteiger partial charge is 0.0357 e. The second-order valence-electron chi connectivity index (χ2n) is 5.47.